The minimum atomic E-state index is -3.51. The number of aromatic nitrogens is 1. The number of hydrogen-bond donors (Lipinski definition) is 0. The smallest absolute Gasteiger partial charge is 0.250 e. The summed E-state index contributed by atoms with van der Waals surface area (Å²) in [5.74, 6) is 0. The zero-order chi connectivity index (χ0) is 17.2. The molecule has 1 aliphatic heterocycles. The maximum Gasteiger partial charge on any atom is 0.250 e. The van der Waals surface area contributed by atoms with Gasteiger partial charge in [-0.1, -0.05) is 12.1 Å². The van der Waals surface area contributed by atoms with Gasteiger partial charge in [-0.05, 0) is 42.9 Å². The first-order valence-corrected chi connectivity index (χ1v) is 10.5. The Morgan fingerprint density at radius 1 is 1.04 bits per heavy atom. The van der Waals surface area contributed by atoms with E-state index in [2.05, 4.69) is 0 Å². The van der Waals surface area contributed by atoms with Gasteiger partial charge in [0.25, 0.3) is 5.56 Å². The molecule has 24 heavy (non-hydrogen) atoms. The van der Waals surface area contributed by atoms with E-state index in [0.29, 0.717) is 19.6 Å². The molecule has 0 bridgehead atoms. The van der Waals surface area contributed by atoms with Crippen LogP contribution in [0, 0.1) is 0 Å². The second-order valence-electron chi connectivity index (χ2n) is 5.79. The van der Waals surface area contributed by atoms with Crippen molar-refractivity contribution in [3.8, 4) is 0 Å². The molecule has 5 nitrogen and oxygen atoms in total. The Morgan fingerprint density at radius 2 is 1.71 bits per heavy atom. The predicted molar refractivity (Wildman–Crippen MR) is 96.0 cm³/mol. The predicted octanol–water partition coefficient (Wildman–Crippen LogP) is 2.40. The molecule has 128 valence electrons. The molecule has 0 atom stereocenters. The number of hydrogen-bond acceptors (Lipinski definition) is 4. The standard InChI is InChI=1S/C17H20N2O3S2/c1-23-15-6-4-14(5-7-15)12-18-13-16(8-9-17(18)20)24(21,22)19-10-2-3-11-19/h4-9,13H,2-3,10-12H2,1H3. The highest BCUT2D eigenvalue weighted by Gasteiger charge is 2.27. The lowest BCUT2D eigenvalue weighted by Gasteiger charge is -2.16. The highest BCUT2D eigenvalue weighted by molar-refractivity contribution is 7.98. The number of nitrogens with zero attached hydrogens (tertiary/aromatic N) is 2. The van der Waals surface area contributed by atoms with Gasteiger partial charge in [0.2, 0.25) is 10.0 Å². The average molecular weight is 364 g/mol. The van der Waals surface area contributed by atoms with Crippen molar-refractivity contribution in [3.63, 3.8) is 0 Å². The van der Waals surface area contributed by atoms with Gasteiger partial charge >= 0.3 is 0 Å². The van der Waals surface area contributed by atoms with Crippen LogP contribution < -0.4 is 5.56 Å². The van der Waals surface area contributed by atoms with Gasteiger partial charge in [-0.3, -0.25) is 4.79 Å². The van der Waals surface area contributed by atoms with E-state index >= 15 is 0 Å². The highest BCUT2D eigenvalue weighted by atomic mass is 32.2. The van der Waals surface area contributed by atoms with E-state index in [0.717, 1.165) is 23.3 Å². The van der Waals surface area contributed by atoms with Crippen molar-refractivity contribution in [3.05, 3.63) is 58.5 Å². The number of rotatable bonds is 5. The third-order valence-corrected chi connectivity index (χ3v) is 6.80. The highest BCUT2D eigenvalue weighted by Crippen LogP contribution is 2.20. The lowest BCUT2D eigenvalue weighted by atomic mass is 10.2. The Morgan fingerprint density at radius 3 is 2.33 bits per heavy atom. The van der Waals surface area contributed by atoms with Crippen molar-refractivity contribution in [2.24, 2.45) is 0 Å². The molecule has 0 radical (unpaired) electrons. The van der Waals surface area contributed by atoms with Gasteiger partial charge in [0.05, 0.1) is 11.4 Å². The molecule has 0 N–H and O–H groups in total. The van der Waals surface area contributed by atoms with Crippen molar-refractivity contribution >= 4 is 21.8 Å². The third-order valence-electron chi connectivity index (χ3n) is 4.17. The van der Waals surface area contributed by atoms with E-state index in [4.69, 9.17) is 0 Å². The zero-order valence-corrected chi connectivity index (χ0v) is 15.1. The summed E-state index contributed by atoms with van der Waals surface area (Å²) in [6.45, 7) is 1.46. The first-order valence-electron chi connectivity index (χ1n) is 7.84. The molecule has 0 aliphatic carbocycles. The molecular formula is C17H20N2O3S2. The molecule has 0 unspecified atom stereocenters. The lowest BCUT2D eigenvalue weighted by molar-refractivity contribution is 0.476. The minimum absolute atomic E-state index is 0.185. The summed E-state index contributed by atoms with van der Waals surface area (Å²) >= 11 is 1.65. The number of thioether (sulfide) groups is 1. The van der Waals surface area contributed by atoms with Crippen molar-refractivity contribution in [2.45, 2.75) is 29.2 Å². The van der Waals surface area contributed by atoms with Crippen LogP contribution in [0.2, 0.25) is 0 Å². The number of pyridine rings is 1. The van der Waals surface area contributed by atoms with Crippen LogP contribution in [-0.2, 0) is 16.6 Å². The van der Waals surface area contributed by atoms with E-state index in [9.17, 15) is 13.2 Å². The van der Waals surface area contributed by atoms with Crippen molar-refractivity contribution in [1.29, 1.82) is 0 Å². The molecule has 2 heterocycles. The maximum atomic E-state index is 12.6. The van der Waals surface area contributed by atoms with Crippen LogP contribution >= 0.6 is 11.8 Å². The van der Waals surface area contributed by atoms with Gasteiger partial charge in [-0.25, -0.2) is 8.42 Å². The topological polar surface area (TPSA) is 59.4 Å². The van der Waals surface area contributed by atoms with Crippen LogP contribution in [0.3, 0.4) is 0 Å². The molecule has 7 heteroatoms. The van der Waals surface area contributed by atoms with Crippen molar-refractivity contribution in [2.75, 3.05) is 19.3 Å². The summed E-state index contributed by atoms with van der Waals surface area (Å²) < 4.78 is 28.2. The van der Waals surface area contributed by atoms with Crippen molar-refractivity contribution in [1.82, 2.24) is 8.87 Å². The van der Waals surface area contributed by atoms with Gasteiger partial charge < -0.3 is 4.57 Å². The Bertz CT molecular complexity index is 867. The first-order chi connectivity index (χ1) is 11.5. The first kappa shape index (κ1) is 17.3. The van der Waals surface area contributed by atoms with E-state index in [1.165, 1.54) is 27.2 Å². The monoisotopic (exact) mass is 364 g/mol. The van der Waals surface area contributed by atoms with Gasteiger partial charge in [-0.15, -0.1) is 11.8 Å². The molecule has 0 amide bonds. The molecule has 1 aliphatic rings. The molecule has 1 saturated heterocycles. The van der Waals surface area contributed by atoms with Crippen LogP contribution in [0.15, 0.2) is 57.2 Å². The summed E-state index contributed by atoms with van der Waals surface area (Å²) in [5, 5.41) is 0. The fourth-order valence-electron chi connectivity index (χ4n) is 2.79. The van der Waals surface area contributed by atoms with E-state index < -0.39 is 10.0 Å². The normalized spacial score (nSPS) is 15.7. The third kappa shape index (κ3) is 3.58. The maximum absolute atomic E-state index is 12.6. The largest absolute Gasteiger partial charge is 0.310 e. The zero-order valence-electron chi connectivity index (χ0n) is 13.5. The van der Waals surface area contributed by atoms with Gasteiger partial charge in [0, 0.05) is 30.2 Å². The number of benzene rings is 1. The van der Waals surface area contributed by atoms with E-state index in [-0.39, 0.29) is 10.5 Å². The van der Waals surface area contributed by atoms with E-state index in [1.54, 1.807) is 11.8 Å². The average Bonchev–Trinajstić information content (AvgIpc) is 3.13. The van der Waals surface area contributed by atoms with Crippen molar-refractivity contribution < 1.29 is 8.42 Å². The van der Waals surface area contributed by atoms with Crippen LogP contribution in [0.25, 0.3) is 0 Å². The molecule has 1 aromatic heterocycles. The fraction of sp³-hybridized carbons (Fsp3) is 0.353. The molecular weight excluding hydrogens is 344 g/mol. The number of sulfonamides is 1. The quantitative estimate of drug-likeness (QED) is 0.765. The molecule has 1 fully saturated rings. The molecule has 1 aromatic carbocycles. The van der Waals surface area contributed by atoms with E-state index in [1.807, 2.05) is 30.5 Å². The van der Waals surface area contributed by atoms with Gasteiger partial charge in [0.1, 0.15) is 0 Å². The van der Waals surface area contributed by atoms with Crippen LogP contribution in [-0.4, -0.2) is 36.6 Å². The molecule has 0 saturated carbocycles. The second kappa shape index (κ2) is 7.13. The Hall–Kier alpha value is -1.57. The van der Waals surface area contributed by atoms with Crippen LogP contribution in [0.1, 0.15) is 18.4 Å². The SMILES string of the molecule is CSc1ccc(Cn2cc(S(=O)(=O)N3CCCC3)ccc2=O)cc1. The fourth-order valence-corrected chi connectivity index (χ4v) is 4.74. The van der Waals surface area contributed by atoms with Crippen LogP contribution in [0.4, 0.5) is 0 Å². The van der Waals surface area contributed by atoms with Gasteiger partial charge in [-0.2, -0.15) is 4.31 Å². The summed E-state index contributed by atoms with van der Waals surface area (Å²) in [6, 6.07) is 10.6. The molecule has 2 aromatic rings. The molecule has 3 rings (SSSR count). The Balaban J connectivity index is 1.89. The van der Waals surface area contributed by atoms with Gasteiger partial charge in [0.15, 0.2) is 0 Å². The summed E-state index contributed by atoms with van der Waals surface area (Å²) in [6.07, 6.45) is 5.24. The minimum Gasteiger partial charge on any atom is -0.310 e. The van der Waals surface area contributed by atoms with Crippen LogP contribution in [0.5, 0.6) is 0 Å². The summed E-state index contributed by atoms with van der Waals surface area (Å²) in [5.41, 5.74) is 0.759. The summed E-state index contributed by atoms with van der Waals surface area (Å²) in [4.78, 5) is 13.4. The lowest BCUT2D eigenvalue weighted by Crippen LogP contribution is -2.29. The Kier molecular flexibility index (Phi) is 5.12. The molecule has 0 spiro atoms. The Labute approximate surface area is 146 Å². The second-order valence-corrected chi connectivity index (χ2v) is 8.61. The summed E-state index contributed by atoms with van der Waals surface area (Å²) in [7, 11) is -3.51.